The predicted octanol–water partition coefficient (Wildman–Crippen LogP) is 17.6. The molecule has 0 saturated carbocycles. The van der Waals surface area contributed by atoms with Gasteiger partial charge in [-0.05, 0) is 98.8 Å². The maximum atomic E-state index is 11.6. The Balaban J connectivity index is 0.00000588. The van der Waals surface area contributed by atoms with E-state index in [1.807, 2.05) is 24.4 Å². The molecule has 0 atom stereocenters. The van der Waals surface area contributed by atoms with Crippen molar-refractivity contribution in [3.8, 4) is 84.3 Å². The average molecular weight is 1140 g/mol. The topological polar surface area (TPSA) is 55.9 Å². The van der Waals surface area contributed by atoms with Crippen molar-refractivity contribution in [2.24, 2.45) is 0 Å². The summed E-state index contributed by atoms with van der Waals surface area (Å²) in [5.41, 5.74) is 19.0. The fourth-order valence-corrected chi connectivity index (χ4v) is 10.5. The van der Waals surface area contributed by atoms with Crippen molar-refractivity contribution in [3.05, 3.63) is 236 Å². The third kappa shape index (κ3) is 8.65. The monoisotopic (exact) mass is 1140 g/mol. The summed E-state index contributed by atoms with van der Waals surface area (Å²) in [5, 5.41) is 14.0. The molecule has 12 aromatic rings. The summed E-state index contributed by atoms with van der Waals surface area (Å²) in [4.78, 5) is 10.7. The largest absolute Gasteiger partial charge is 0.507 e. The minimum absolute atomic E-state index is 0. The number of nitrogens with zero attached hydrogens (tertiary/aromatic N) is 4. The molecule has 0 spiro atoms. The van der Waals surface area contributed by atoms with Crippen molar-refractivity contribution in [2.45, 2.75) is 52.4 Å². The molecule has 0 aliphatic rings. The summed E-state index contributed by atoms with van der Waals surface area (Å²) in [7, 11) is 0. The smallest absolute Gasteiger partial charge is 0.148 e. The molecule has 5 nitrogen and oxygen atoms in total. The maximum absolute atomic E-state index is 11.6. The molecule has 3 heterocycles. The number of phenols is 1. The SMILES string of the molecule is CC(C)(C)c1cc(-n2c(-c3ccccc3O)nc3c(-c4[c-]c(-c5cc(-c6cccc7c8ccccc8n(-c8ccccc8)c67)ccn5)cc(-c5ccccc5-c5ccccc5)c4)cccc32)cc(C(C)(C)C)c1.[Pt]. The molecule has 74 heavy (non-hydrogen) atoms. The zero-order valence-corrected chi connectivity index (χ0v) is 44.6. The first-order valence-electron chi connectivity index (χ1n) is 25.1. The van der Waals surface area contributed by atoms with Gasteiger partial charge in [0.15, 0.2) is 0 Å². The molecule has 0 bridgehead atoms. The summed E-state index contributed by atoms with van der Waals surface area (Å²) < 4.78 is 4.62. The standard InChI is InChI=1S/C68H55N4O.Pt/c1-67(2,3)49-41-50(68(4,5)6)43-52(42-49)72-62-33-20-29-55(64(62)70-66(72)59-28-16-18-34-63(59)73)47-37-46(54-26-14-13-25-53(54)44-21-9-7-10-22-44)38-48(39-47)60-40-45(35-36-69-60)56-30-19-31-58-57-27-15-17-32-61(57)71(65(56)58)51-23-11-8-12-24-51;/h7-38,40-43,73H,1-6H3;/q-1;. The second kappa shape index (κ2) is 19.1. The molecular weight excluding hydrogens is 1080 g/mol. The van der Waals surface area contributed by atoms with Crippen LogP contribution < -0.4 is 0 Å². The van der Waals surface area contributed by atoms with Gasteiger partial charge in [-0.3, -0.25) is 9.55 Å². The van der Waals surface area contributed by atoms with Gasteiger partial charge >= 0.3 is 0 Å². The Morgan fingerprint density at radius 3 is 1.72 bits per heavy atom. The van der Waals surface area contributed by atoms with Crippen LogP contribution in [0.3, 0.4) is 0 Å². The number of fused-ring (bicyclic) bond motifs is 4. The van der Waals surface area contributed by atoms with E-state index in [-0.39, 0.29) is 37.6 Å². The molecule has 0 unspecified atom stereocenters. The predicted molar refractivity (Wildman–Crippen MR) is 304 cm³/mol. The average Bonchev–Trinajstić information content (AvgIpc) is 3.97. The first-order valence-corrected chi connectivity index (χ1v) is 25.1. The van der Waals surface area contributed by atoms with Crippen LogP contribution in [0.2, 0.25) is 0 Å². The first kappa shape index (κ1) is 48.2. The molecule has 0 aliphatic carbocycles. The number of imidazole rings is 1. The van der Waals surface area contributed by atoms with Gasteiger partial charge in [0.25, 0.3) is 0 Å². The minimum atomic E-state index is -0.118. The zero-order valence-electron chi connectivity index (χ0n) is 42.3. The van der Waals surface area contributed by atoms with Crippen LogP contribution in [0, 0.1) is 6.07 Å². The molecule has 0 fully saturated rings. The van der Waals surface area contributed by atoms with E-state index in [1.54, 1.807) is 6.07 Å². The van der Waals surface area contributed by atoms with E-state index in [0.717, 1.165) is 89.2 Å². The van der Waals surface area contributed by atoms with Gasteiger partial charge in [0.2, 0.25) is 0 Å². The van der Waals surface area contributed by atoms with Crippen LogP contribution in [0.25, 0.3) is 111 Å². The van der Waals surface area contributed by atoms with Crippen LogP contribution in [0.5, 0.6) is 5.75 Å². The van der Waals surface area contributed by atoms with Crippen LogP contribution in [-0.4, -0.2) is 24.2 Å². The fraction of sp³-hybridized carbons (Fsp3) is 0.118. The van der Waals surface area contributed by atoms with Crippen molar-refractivity contribution in [1.82, 2.24) is 19.1 Å². The Labute approximate surface area is 447 Å². The van der Waals surface area contributed by atoms with Crippen LogP contribution in [-0.2, 0) is 31.9 Å². The summed E-state index contributed by atoms with van der Waals surface area (Å²) in [6.07, 6.45) is 1.93. The molecule has 364 valence electrons. The number of aromatic nitrogens is 4. The number of aromatic hydroxyl groups is 1. The third-order valence-corrected chi connectivity index (χ3v) is 14.3. The number of benzene rings is 9. The summed E-state index contributed by atoms with van der Waals surface area (Å²) >= 11 is 0. The third-order valence-electron chi connectivity index (χ3n) is 14.3. The fourth-order valence-electron chi connectivity index (χ4n) is 10.5. The van der Waals surface area contributed by atoms with Gasteiger partial charge in [-0.1, -0.05) is 204 Å². The van der Waals surface area contributed by atoms with Crippen molar-refractivity contribution >= 4 is 32.8 Å². The molecular formula is C68H55N4OPt-. The van der Waals surface area contributed by atoms with Crippen LogP contribution in [0.1, 0.15) is 52.7 Å². The van der Waals surface area contributed by atoms with E-state index < -0.39 is 0 Å². The van der Waals surface area contributed by atoms with E-state index in [0.29, 0.717) is 11.4 Å². The first-order chi connectivity index (χ1) is 35.4. The van der Waals surface area contributed by atoms with E-state index in [9.17, 15) is 5.11 Å². The zero-order chi connectivity index (χ0) is 50.0. The van der Waals surface area contributed by atoms with Gasteiger partial charge in [-0.15, -0.1) is 23.8 Å². The van der Waals surface area contributed by atoms with Gasteiger partial charge in [0, 0.05) is 60.7 Å². The van der Waals surface area contributed by atoms with Crippen molar-refractivity contribution in [1.29, 1.82) is 0 Å². The van der Waals surface area contributed by atoms with Gasteiger partial charge < -0.3 is 9.67 Å². The molecule has 1 N–H and O–H groups in total. The van der Waals surface area contributed by atoms with E-state index in [1.165, 1.54) is 21.9 Å². The Hall–Kier alpha value is -8.11. The van der Waals surface area contributed by atoms with E-state index >= 15 is 0 Å². The van der Waals surface area contributed by atoms with Crippen molar-refractivity contribution < 1.29 is 26.2 Å². The molecule has 9 aromatic carbocycles. The molecule has 0 aliphatic heterocycles. The van der Waals surface area contributed by atoms with E-state index in [2.05, 4.69) is 245 Å². The number of rotatable bonds is 8. The van der Waals surface area contributed by atoms with E-state index in [4.69, 9.17) is 9.97 Å². The van der Waals surface area contributed by atoms with Crippen LogP contribution in [0.15, 0.2) is 219 Å². The quantitative estimate of drug-likeness (QED) is 0.154. The Morgan fingerprint density at radius 2 is 1.00 bits per heavy atom. The second-order valence-corrected chi connectivity index (χ2v) is 21.2. The molecule has 12 rings (SSSR count). The number of para-hydroxylation sites is 5. The number of hydrogen-bond donors (Lipinski definition) is 1. The van der Waals surface area contributed by atoms with Gasteiger partial charge in [-0.25, -0.2) is 4.98 Å². The molecule has 0 radical (unpaired) electrons. The number of phenolic OH excluding ortho intramolecular Hbond substituents is 1. The number of hydrogen-bond acceptors (Lipinski definition) is 3. The normalized spacial score (nSPS) is 11.9. The molecule has 6 heteroatoms. The van der Waals surface area contributed by atoms with Gasteiger partial charge in [-0.2, -0.15) is 0 Å². The minimum Gasteiger partial charge on any atom is -0.507 e. The number of pyridine rings is 1. The molecule has 0 amide bonds. The van der Waals surface area contributed by atoms with Crippen molar-refractivity contribution in [2.75, 3.05) is 0 Å². The molecule has 3 aromatic heterocycles. The summed E-state index contributed by atoms with van der Waals surface area (Å²) in [6, 6.07) is 78.7. The Morgan fingerprint density at radius 1 is 0.432 bits per heavy atom. The molecule has 0 saturated heterocycles. The van der Waals surface area contributed by atoms with Gasteiger partial charge in [0.1, 0.15) is 11.6 Å². The van der Waals surface area contributed by atoms with Crippen molar-refractivity contribution in [3.63, 3.8) is 0 Å². The second-order valence-electron chi connectivity index (χ2n) is 21.2. The summed E-state index contributed by atoms with van der Waals surface area (Å²) in [6.45, 7) is 13.6. The Bertz CT molecular complexity index is 4030. The van der Waals surface area contributed by atoms with Crippen LogP contribution >= 0.6 is 0 Å². The Kier molecular flexibility index (Phi) is 12.4. The van der Waals surface area contributed by atoms with Crippen LogP contribution in [0.4, 0.5) is 0 Å². The summed E-state index contributed by atoms with van der Waals surface area (Å²) in [5.74, 6) is 0.830. The maximum Gasteiger partial charge on any atom is 0.148 e. The van der Waals surface area contributed by atoms with Gasteiger partial charge in [0.05, 0.1) is 27.6 Å².